The minimum atomic E-state index is -0.308. The van der Waals surface area contributed by atoms with Crippen LogP contribution in [0.3, 0.4) is 0 Å². The van der Waals surface area contributed by atoms with Gasteiger partial charge in [0.1, 0.15) is 0 Å². The smallest absolute Gasteiger partial charge is 0.408 e. The number of aliphatic hydroxyl groups excluding tert-OH is 1. The molecule has 5 nitrogen and oxygen atoms in total. The van der Waals surface area contributed by atoms with E-state index in [9.17, 15) is 4.79 Å². The van der Waals surface area contributed by atoms with Gasteiger partial charge in [0.15, 0.2) is 5.58 Å². The molecule has 1 aromatic carbocycles. The lowest BCUT2D eigenvalue weighted by Crippen LogP contribution is -2.36. The van der Waals surface area contributed by atoms with Crippen molar-refractivity contribution in [2.75, 3.05) is 19.7 Å². The molecule has 20 heavy (non-hydrogen) atoms. The van der Waals surface area contributed by atoms with Gasteiger partial charge in [0, 0.05) is 32.3 Å². The summed E-state index contributed by atoms with van der Waals surface area (Å²) in [5, 5.41) is 8.94. The van der Waals surface area contributed by atoms with Gasteiger partial charge in [0.2, 0.25) is 0 Å². The first-order valence-corrected chi connectivity index (χ1v) is 7.06. The van der Waals surface area contributed by atoms with Crippen LogP contribution in [0.5, 0.6) is 0 Å². The average molecular weight is 278 g/mol. The normalized spacial score (nSPS) is 11.8. The first-order chi connectivity index (χ1) is 9.63. The van der Waals surface area contributed by atoms with E-state index >= 15 is 0 Å². The third kappa shape index (κ3) is 3.29. The van der Waals surface area contributed by atoms with Crippen molar-refractivity contribution >= 4 is 11.1 Å². The number of oxazole rings is 1. The molecule has 0 bridgehead atoms. The Bertz CT molecular complexity index is 600. The van der Waals surface area contributed by atoms with Crippen LogP contribution in [0, 0.1) is 0 Å². The molecule has 0 aliphatic heterocycles. The van der Waals surface area contributed by atoms with Crippen molar-refractivity contribution in [1.82, 2.24) is 9.47 Å². The molecule has 0 saturated heterocycles. The number of benzene rings is 1. The zero-order chi connectivity index (χ0) is 14.5. The summed E-state index contributed by atoms with van der Waals surface area (Å²) in [5.74, 6) is -0.308. The Hall–Kier alpha value is -1.59. The van der Waals surface area contributed by atoms with E-state index in [2.05, 4.69) is 18.7 Å². The van der Waals surface area contributed by atoms with Crippen LogP contribution in [0.15, 0.2) is 33.5 Å². The quantitative estimate of drug-likeness (QED) is 0.837. The Kier molecular flexibility index (Phi) is 4.98. The van der Waals surface area contributed by atoms with Crippen molar-refractivity contribution in [2.45, 2.75) is 32.9 Å². The van der Waals surface area contributed by atoms with Gasteiger partial charge >= 0.3 is 5.76 Å². The third-order valence-electron chi connectivity index (χ3n) is 3.52. The molecule has 2 rings (SSSR count). The maximum atomic E-state index is 11.9. The summed E-state index contributed by atoms with van der Waals surface area (Å²) in [5.41, 5.74) is 1.47. The Balaban J connectivity index is 2.11. The molecule has 0 spiro atoms. The second kappa shape index (κ2) is 6.72. The van der Waals surface area contributed by atoms with E-state index in [0.717, 1.165) is 25.0 Å². The van der Waals surface area contributed by atoms with Crippen LogP contribution in [0.2, 0.25) is 0 Å². The van der Waals surface area contributed by atoms with E-state index in [1.807, 2.05) is 18.2 Å². The number of aliphatic hydroxyl groups is 1. The van der Waals surface area contributed by atoms with Crippen LogP contribution < -0.4 is 5.76 Å². The maximum absolute atomic E-state index is 11.9. The Morgan fingerprint density at radius 2 is 2.05 bits per heavy atom. The predicted octanol–water partition coefficient (Wildman–Crippen LogP) is 1.69. The molecule has 0 fully saturated rings. The van der Waals surface area contributed by atoms with Gasteiger partial charge in [0.05, 0.1) is 5.52 Å². The molecule has 0 saturated carbocycles. The van der Waals surface area contributed by atoms with Gasteiger partial charge in [-0.05, 0) is 32.4 Å². The molecule has 0 amide bonds. The van der Waals surface area contributed by atoms with Crippen molar-refractivity contribution in [2.24, 2.45) is 0 Å². The summed E-state index contributed by atoms with van der Waals surface area (Å²) in [4.78, 5) is 14.1. The predicted molar refractivity (Wildman–Crippen MR) is 78.9 cm³/mol. The Morgan fingerprint density at radius 1 is 1.30 bits per heavy atom. The number of fused-ring (bicyclic) bond motifs is 1. The molecule has 0 aliphatic carbocycles. The minimum absolute atomic E-state index is 0.192. The SMILES string of the molecule is CC(C)N(CCCO)CCn1c(=O)oc2ccccc21. The molecule has 1 N–H and O–H groups in total. The molecule has 0 aliphatic rings. The fourth-order valence-corrected chi connectivity index (χ4v) is 2.36. The number of hydrogen-bond acceptors (Lipinski definition) is 4. The van der Waals surface area contributed by atoms with Gasteiger partial charge in [-0.2, -0.15) is 0 Å². The molecule has 1 heterocycles. The second-order valence-corrected chi connectivity index (χ2v) is 5.19. The first kappa shape index (κ1) is 14.8. The second-order valence-electron chi connectivity index (χ2n) is 5.19. The highest BCUT2D eigenvalue weighted by atomic mass is 16.4. The van der Waals surface area contributed by atoms with Crippen LogP contribution >= 0.6 is 0 Å². The van der Waals surface area contributed by atoms with E-state index in [1.165, 1.54) is 0 Å². The van der Waals surface area contributed by atoms with Gasteiger partial charge in [-0.3, -0.25) is 9.47 Å². The Morgan fingerprint density at radius 3 is 2.75 bits per heavy atom. The van der Waals surface area contributed by atoms with Crippen LogP contribution in [0.4, 0.5) is 0 Å². The molecule has 110 valence electrons. The van der Waals surface area contributed by atoms with Crippen LogP contribution in [0.1, 0.15) is 20.3 Å². The largest absolute Gasteiger partial charge is 0.419 e. The lowest BCUT2D eigenvalue weighted by Gasteiger charge is -2.26. The zero-order valence-corrected chi connectivity index (χ0v) is 12.1. The highest BCUT2D eigenvalue weighted by Gasteiger charge is 2.12. The number of hydrogen-bond donors (Lipinski definition) is 1. The van der Waals surface area contributed by atoms with Crippen LogP contribution in [-0.2, 0) is 6.54 Å². The summed E-state index contributed by atoms with van der Waals surface area (Å²) < 4.78 is 6.89. The molecule has 5 heteroatoms. The van der Waals surface area contributed by atoms with Gasteiger partial charge < -0.3 is 9.52 Å². The highest BCUT2D eigenvalue weighted by molar-refractivity contribution is 5.72. The van der Waals surface area contributed by atoms with Gasteiger partial charge in [-0.15, -0.1) is 0 Å². The van der Waals surface area contributed by atoms with Crippen molar-refractivity contribution < 1.29 is 9.52 Å². The highest BCUT2D eigenvalue weighted by Crippen LogP contribution is 2.12. The standard InChI is InChI=1S/C15H22N2O3/c1-12(2)16(8-5-11-18)9-10-17-13-6-3-4-7-14(13)20-15(17)19/h3-4,6-7,12,18H,5,8-11H2,1-2H3. The van der Waals surface area contributed by atoms with Crippen LogP contribution in [-0.4, -0.2) is 40.3 Å². The summed E-state index contributed by atoms with van der Waals surface area (Å²) in [6.07, 6.45) is 0.749. The molecular formula is C15H22N2O3. The van der Waals surface area contributed by atoms with Crippen molar-refractivity contribution in [1.29, 1.82) is 0 Å². The van der Waals surface area contributed by atoms with Gasteiger partial charge in [-0.1, -0.05) is 12.1 Å². The minimum Gasteiger partial charge on any atom is -0.408 e. The number of rotatable bonds is 7. The maximum Gasteiger partial charge on any atom is 0.419 e. The molecule has 2 aromatic rings. The van der Waals surface area contributed by atoms with Gasteiger partial charge in [0.25, 0.3) is 0 Å². The van der Waals surface area contributed by atoms with E-state index in [1.54, 1.807) is 10.6 Å². The summed E-state index contributed by atoms with van der Waals surface area (Å²) in [6.45, 7) is 6.62. The van der Waals surface area contributed by atoms with E-state index in [0.29, 0.717) is 18.2 Å². The first-order valence-electron chi connectivity index (χ1n) is 7.06. The summed E-state index contributed by atoms with van der Waals surface area (Å²) in [6, 6.07) is 7.85. The van der Waals surface area contributed by atoms with Gasteiger partial charge in [-0.25, -0.2) is 4.79 Å². The number of nitrogens with zero attached hydrogens (tertiary/aromatic N) is 2. The Labute approximate surface area is 118 Å². The van der Waals surface area contributed by atoms with Crippen molar-refractivity contribution in [3.63, 3.8) is 0 Å². The molecule has 0 atom stereocenters. The number of aromatic nitrogens is 1. The molecule has 1 aromatic heterocycles. The summed E-state index contributed by atoms with van der Waals surface area (Å²) >= 11 is 0. The lowest BCUT2D eigenvalue weighted by atomic mass is 10.3. The zero-order valence-electron chi connectivity index (χ0n) is 12.1. The fourth-order valence-electron chi connectivity index (χ4n) is 2.36. The average Bonchev–Trinajstić information content (AvgIpc) is 2.74. The molecular weight excluding hydrogens is 256 g/mol. The van der Waals surface area contributed by atoms with Crippen molar-refractivity contribution in [3.8, 4) is 0 Å². The monoisotopic (exact) mass is 278 g/mol. The number of para-hydroxylation sites is 2. The molecule has 0 unspecified atom stereocenters. The topological polar surface area (TPSA) is 58.6 Å². The van der Waals surface area contributed by atoms with E-state index in [4.69, 9.17) is 9.52 Å². The molecule has 0 radical (unpaired) electrons. The van der Waals surface area contributed by atoms with Crippen LogP contribution in [0.25, 0.3) is 11.1 Å². The van der Waals surface area contributed by atoms with Crippen molar-refractivity contribution in [3.05, 3.63) is 34.8 Å². The van der Waals surface area contributed by atoms with E-state index < -0.39 is 0 Å². The third-order valence-corrected chi connectivity index (χ3v) is 3.52. The fraction of sp³-hybridized carbons (Fsp3) is 0.533. The van der Waals surface area contributed by atoms with E-state index in [-0.39, 0.29) is 12.4 Å². The lowest BCUT2D eigenvalue weighted by molar-refractivity contribution is 0.185. The summed E-state index contributed by atoms with van der Waals surface area (Å²) in [7, 11) is 0.